The van der Waals surface area contributed by atoms with Crippen LogP contribution >= 0.6 is 0 Å². The van der Waals surface area contributed by atoms with E-state index in [9.17, 15) is 4.79 Å². The summed E-state index contributed by atoms with van der Waals surface area (Å²) in [6.07, 6.45) is 7.77. The molecule has 2 aliphatic rings. The highest BCUT2D eigenvalue weighted by molar-refractivity contribution is 5.79. The summed E-state index contributed by atoms with van der Waals surface area (Å²) in [5.41, 5.74) is 2.18. The third-order valence-corrected chi connectivity index (χ3v) is 6.25. The Bertz CT molecular complexity index is 789. The summed E-state index contributed by atoms with van der Waals surface area (Å²) in [4.78, 5) is 19.8. The zero-order valence-electron chi connectivity index (χ0n) is 16.9. The number of nitrogens with one attached hydrogen (secondary N) is 1. The molecule has 1 aromatic carbocycles. The molecule has 28 heavy (non-hydrogen) atoms. The lowest BCUT2D eigenvalue weighted by Crippen LogP contribution is -2.47. The number of imidazole rings is 1. The van der Waals surface area contributed by atoms with Crippen molar-refractivity contribution in [2.75, 3.05) is 31.7 Å². The maximum absolute atomic E-state index is 12.6. The molecule has 1 aliphatic heterocycles. The molecule has 1 amide bonds. The van der Waals surface area contributed by atoms with Gasteiger partial charge in [-0.25, -0.2) is 4.98 Å². The maximum atomic E-state index is 12.6. The van der Waals surface area contributed by atoms with Crippen LogP contribution < -0.4 is 10.2 Å². The Morgan fingerprint density at radius 3 is 2.64 bits per heavy atom. The van der Waals surface area contributed by atoms with Gasteiger partial charge in [0.25, 0.3) is 0 Å². The lowest BCUT2D eigenvalue weighted by molar-refractivity contribution is -0.126. The Kier molecular flexibility index (Phi) is 6.15. The maximum Gasteiger partial charge on any atom is 0.223 e. The number of hydrogen-bond acceptors (Lipinski definition) is 4. The summed E-state index contributed by atoms with van der Waals surface area (Å²) in [7, 11) is 1.74. The molecular weight excluding hydrogens is 352 g/mol. The molecule has 1 saturated heterocycles. The summed E-state index contributed by atoms with van der Waals surface area (Å²) >= 11 is 0. The molecule has 6 heteroatoms. The third kappa shape index (κ3) is 4.17. The number of anilines is 1. The van der Waals surface area contributed by atoms with Gasteiger partial charge < -0.3 is 19.5 Å². The third-order valence-electron chi connectivity index (χ3n) is 6.25. The molecule has 1 saturated carbocycles. The molecule has 2 aromatic rings. The van der Waals surface area contributed by atoms with Crippen LogP contribution in [0.5, 0.6) is 0 Å². The monoisotopic (exact) mass is 384 g/mol. The average Bonchev–Trinajstić information content (AvgIpc) is 3.12. The van der Waals surface area contributed by atoms with E-state index in [1.807, 2.05) is 6.07 Å². The molecule has 0 unspecified atom stereocenters. The van der Waals surface area contributed by atoms with Crippen molar-refractivity contribution in [2.24, 2.45) is 5.92 Å². The number of ether oxygens (including phenoxy) is 1. The SMILES string of the molecule is COCCn1c(N2CCC(NC(=O)C3CCCCC3)CC2)nc2ccccc21. The van der Waals surface area contributed by atoms with E-state index >= 15 is 0 Å². The van der Waals surface area contributed by atoms with Gasteiger partial charge >= 0.3 is 0 Å². The number of piperidine rings is 1. The first kappa shape index (κ1) is 19.2. The fourth-order valence-electron chi connectivity index (χ4n) is 4.61. The molecule has 1 aromatic heterocycles. The molecule has 6 nitrogen and oxygen atoms in total. The van der Waals surface area contributed by atoms with E-state index in [0.29, 0.717) is 12.6 Å². The van der Waals surface area contributed by atoms with Crippen LogP contribution in [0.4, 0.5) is 5.95 Å². The summed E-state index contributed by atoms with van der Waals surface area (Å²) in [6.45, 7) is 3.31. The molecule has 152 valence electrons. The van der Waals surface area contributed by atoms with Gasteiger partial charge in [0.15, 0.2) is 0 Å². The highest BCUT2D eigenvalue weighted by Crippen LogP contribution is 2.27. The van der Waals surface area contributed by atoms with Crippen molar-refractivity contribution in [3.63, 3.8) is 0 Å². The molecule has 0 spiro atoms. The fraction of sp³-hybridized carbons (Fsp3) is 0.636. The number of amides is 1. The van der Waals surface area contributed by atoms with Crippen molar-refractivity contribution in [3.8, 4) is 0 Å². The minimum atomic E-state index is 0.241. The van der Waals surface area contributed by atoms with Crippen LogP contribution in [0.3, 0.4) is 0 Å². The van der Waals surface area contributed by atoms with Gasteiger partial charge in [-0.2, -0.15) is 0 Å². The predicted molar refractivity (Wildman–Crippen MR) is 112 cm³/mol. The van der Waals surface area contributed by atoms with Gasteiger partial charge in [0.1, 0.15) is 0 Å². The molecule has 2 fully saturated rings. The molecule has 0 radical (unpaired) electrons. The second kappa shape index (κ2) is 8.95. The highest BCUT2D eigenvalue weighted by Gasteiger charge is 2.27. The van der Waals surface area contributed by atoms with Crippen molar-refractivity contribution in [1.82, 2.24) is 14.9 Å². The van der Waals surface area contributed by atoms with Gasteiger partial charge in [-0.1, -0.05) is 31.4 Å². The second-order valence-electron chi connectivity index (χ2n) is 8.15. The number of carbonyl (C=O) groups is 1. The topological polar surface area (TPSA) is 59.4 Å². The molecular formula is C22H32N4O2. The zero-order chi connectivity index (χ0) is 19.3. The number of aromatic nitrogens is 2. The number of nitrogens with zero attached hydrogens (tertiary/aromatic N) is 3. The van der Waals surface area contributed by atoms with Crippen LogP contribution in [0, 0.1) is 5.92 Å². The quantitative estimate of drug-likeness (QED) is 0.830. The van der Waals surface area contributed by atoms with E-state index in [0.717, 1.165) is 62.3 Å². The van der Waals surface area contributed by atoms with Gasteiger partial charge in [0.05, 0.1) is 17.6 Å². The largest absolute Gasteiger partial charge is 0.383 e. The van der Waals surface area contributed by atoms with Crippen LogP contribution in [-0.4, -0.2) is 48.3 Å². The first-order valence-electron chi connectivity index (χ1n) is 10.8. The number of methoxy groups -OCH3 is 1. The van der Waals surface area contributed by atoms with Crippen molar-refractivity contribution < 1.29 is 9.53 Å². The predicted octanol–water partition coefficient (Wildman–Crippen LogP) is 3.35. The molecule has 0 bridgehead atoms. The number of para-hydroxylation sites is 2. The standard InChI is InChI=1S/C22H32N4O2/c1-28-16-15-26-20-10-6-5-9-19(20)24-22(26)25-13-11-18(12-14-25)23-21(27)17-7-3-2-4-8-17/h5-6,9-10,17-18H,2-4,7-8,11-16H2,1H3,(H,23,27). The summed E-state index contributed by atoms with van der Waals surface area (Å²) in [5, 5.41) is 3.32. The minimum absolute atomic E-state index is 0.241. The fourth-order valence-corrected chi connectivity index (χ4v) is 4.61. The van der Waals surface area contributed by atoms with Gasteiger partial charge in [0, 0.05) is 38.7 Å². The smallest absolute Gasteiger partial charge is 0.223 e. The Hall–Kier alpha value is -2.08. The summed E-state index contributed by atoms with van der Waals surface area (Å²) < 4.78 is 7.57. The summed E-state index contributed by atoms with van der Waals surface area (Å²) in [5.74, 6) is 1.55. The minimum Gasteiger partial charge on any atom is -0.383 e. The Labute approximate surface area is 167 Å². The van der Waals surface area contributed by atoms with Gasteiger partial charge in [-0.3, -0.25) is 4.79 Å². The molecule has 2 heterocycles. The normalized spacial score (nSPS) is 19.2. The van der Waals surface area contributed by atoms with E-state index in [2.05, 4.69) is 33.0 Å². The van der Waals surface area contributed by atoms with Crippen LogP contribution in [-0.2, 0) is 16.1 Å². The van der Waals surface area contributed by atoms with Crippen LogP contribution in [0.2, 0.25) is 0 Å². The Morgan fingerprint density at radius 2 is 1.89 bits per heavy atom. The summed E-state index contributed by atoms with van der Waals surface area (Å²) in [6, 6.07) is 8.58. The van der Waals surface area contributed by atoms with Crippen molar-refractivity contribution in [2.45, 2.75) is 57.5 Å². The molecule has 4 rings (SSSR count). The first-order valence-corrected chi connectivity index (χ1v) is 10.8. The van der Waals surface area contributed by atoms with Crippen molar-refractivity contribution in [3.05, 3.63) is 24.3 Å². The van der Waals surface area contributed by atoms with Crippen molar-refractivity contribution in [1.29, 1.82) is 0 Å². The number of benzene rings is 1. The number of hydrogen-bond donors (Lipinski definition) is 1. The van der Waals surface area contributed by atoms with Gasteiger partial charge in [-0.05, 0) is 37.8 Å². The molecule has 1 N–H and O–H groups in total. The van der Waals surface area contributed by atoms with Gasteiger partial charge in [-0.15, -0.1) is 0 Å². The van der Waals surface area contributed by atoms with Crippen LogP contribution in [0.1, 0.15) is 44.9 Å². The Morgan fingerprint density at radius 1 is 1.14 bits per heavy atom. The number of rotatable bonds is 6. The average molecular weight is 385 g/mol. The number of fused-ring (bicyclic) bond motifs is 1. The number of carbonyl (C=O) groups excluding carboxylic acids is 1. The van der Waals surface area contributed by atoms with E-state index < -0.39 is 0 Å². The van der Waals surface area contributed by atoms with Gasteiger partial charge in [0.2, 0.25) is 11.9 Å². The second-order valence-corrected chi connectivity index (χ2v) is 8.15. The lowest BCUT2D eigenvalue weighted by atomic mass is 9.88. The van der Waals surface area contributed by atoms with E-state index in [-0.39, 0.29) is 11.8 Å². The molecule has 1 aliphatic carbocycles. The van der Waals surface area contributed by atoms with Crippen molar-refractivity contribution >= 4 is 22.9 Å². The van der Waals surface area contributed by atoms with Crippen LogP contribution in [0.15, 0.2) is 24.3 Å². The first-order chi connectivity index (χ1) is 13.8. The van der Waals surface area contributed by atoms with Crippen LogP contribution in [0.25, 0.3) is 11.0 Å². The Balaban J connectivity index is 1.40. The van der Waals surface area contributed by atoms with E-state index in [1.54, 1.807) is 7.11 Å². The molecule has 0 atom stereocenters. The van der Waals surface area contributed by atoms with E-state index in [4.69, 9.17) is 9.72 Å². The zero-order valence-corrected chi connectivity index (χ0v) is 16.9. The lowest BCUT2D eigenvalue weighted by Gasteiger charge is -2.34. The highest BCUT2D eigenvalue weighted by atomic mass is 16.5. The van der Waals surface area contributed by atoms with E-state index in [1.165, 1.54) is 19.3 Å².